The van der Waals surface area contributed by atoms with Gasteiger partial charge in [-0.3, -0.25) is 4.79 Å². The summed E-state index contributed by atoms with van der Waals surface area (Å²) < 4.78 is 0. The Bertz CT molecular complexity index is 609. The molecule has 1 N–H and O–H groups in total. The first kappa shape index (κ1) is 21.0. The van der Waals surface area contributed by atoms with Gasteiger partial charge in [0, 0.05) is 63.6 Å². The molecule has 0 saturated carbocycles. The van der Waals surface area contributed by atoms with Gasteiger partial charge in [0.25, 0.3) is 0 Å². The normalized spacial score (nSPS) is 19.7. The SMILES string of the molecule is CCCN1CCN(CCCNC(=O)C2CCN(c3nccc(C)n3)CC2)CC1. The molecular weight excluding hydrogens is 352 g/mol. The van der Waals surface area contributed by atoms with E-state index >= 15 is 0 Å². The number of amides is 1. The van der Waals surface area contributed by atoms with Crippen LogP contribution in [0.3, 0.4) is 0 Å². The fourth-order valence-corrected chi connectivity index (χ4v) is 4.14. The Kier molecular flexibility index (Phi) is 8.03. The molecule has 1 aromatic heterocycles. The Morgan fingerprint density at radius 2 is 1.79 bits per heavy atom. The summed E-state index contributed by atoms with van der Waals surface area (Å²) >= 11 is 0. The van der Waals surface area contributed by atoms with Gasteiger partial charge in [0.15, 0.2) is 0 Å². The summed E-state index contributed by atoms with van der Waals surface area (Å²) in [5.74, 6) is 1.13. The summed E-state index contributed by atoms with van der Waals surface area (Å²) in [4.78, 5) is 28.6. The number of nitrogens with one attached hydrogen (secondary N) is 1. The molecule has 7 nitrogen and oxygen atoms in total. The largest absolute Gasteiger partial charge is 0.356 e. The van der Waals surface area contributed by atoms with Crippen LogP contribution in [0.1, 0.15) is 38.3 Å². The van der Waals surface area contributed by atoms with Crippen molar-refractivity contribution in [2.75, 3.05) is 63.8 Å². The summed E-state index contributed by atoms with van der Waals surface area (Å²) in [5.41, 5.74) is 0.983. The molecule has 3 heterocycles. The molecule has 2 aliphatic heterocycles. The number of aromatic nitrogens is 2. The van der Waals surface area contributed by atoms with E-state index in [9.17, 15) is 4.79 Å². The van der Waals surface area contributed by atoms with E-state index < -0.39 is 0 Å². The van der Waals surface area contributed by atoms with Crippen LogP contribution in [0.25, 0.3) is 0 Å². The van der Waals surface area contributed by atoms with Gasteiger partial charge in [0.05, 0.1) is 0 Å². The summed E-state index contributed by atoms with van der Waals surface area (Å²) in [7, 11) is 0. The number of carbonyl (C=O) groups is 1. The van der Waals surface area contributed by atoms with E-state index in [1.54, 1.807) is 6.20 Å². The topological polar surface area (TPSA) is 64.6 Å². The molecule has 2 aliphatic rings. The minimum absolute atomic E-state index is 0.124. The fraction of sp³-hybridized carbons (Fsp3) is 0.762. The molecule has 7 heteroatoms. The molecule has 2 saturated heterocycles. The van der Waals surface area contributed by atoms with Crippen molar-refractivity contribution in [2.24, 2.45) is 5.92 Å². The van der Waals surface area contributed by atoms with Crippen LogP contribution in [-0.2, 0) is 4.79 Å². The van der Waals surface area contributed by atoms with Crippen molar-refractivity contribution in [3.05, 3.63) is 18.0 Å². The molecule has 156 valence electrons. The standard InChI is InChI=1S/C21H36N6O/c1-3-10-25-14-16-26(17-15-25)11-4-8-22-20(28)19-6-12-27(13-7-19)21-23-9-5-18(2)24-21/h5,9,19H,3-4,6-8,10-17H2,1-2H3,(H,22,28). The Hall–Kier alpha value is -1.73. The highest BCUT2D eigenvalue weighted by molar-refractivity contribution is 5.78. The maximum atomic E-state index is 12.5. The third-order valence-corrected chi connectivity index (χ3v) is 5.89. The van der Waals surface area contributed by atoms with Crippen molar-refractivity contribution in [1.82, 2.24) is 25.1 Å². The number of anilines is 1. The lowest BCUT2D eigenvalue weighted by molar-refractivity contribution is -0.125. The number of hydrogen-bond donors (Lipinski definition) is 1. The third-order valence-electron chi connectivity index (χ3n) is 5.89. The molecule has 0 aliphatic carbocycles. The van der Waals surface area contributed by atoms with E-state index in [1.165, 1.54) is 26.1 Å². The highest BCUT2D eigenvalue weighted by atomic mass is 16.1. The highest BCUT2D eigenvalue weighted by Gasteiger charge is 2.26. The average Bonchev–Trinajstić information content (AvgIpc) is 2.72. The van der Waals surface area contributed by atoms with Crippen LogP contribution in [0, 0.1) is 12.8 Å². The van der Waals surface area contributed by atoms with Crippen LogP contribution >= 0.6 is 0 Å². The zero-order chi connectivity index (χ0) is 19.8. The molecule has 0 atom stereocenters. The van der Waals surface area contributed by atoms with Gasteiger partial charge in [0.2, 0.25) is 11.9 Å². The van der Waals surface area contributed by atoms with Crippen LogP contribution in [0.2, 0.25) is 0 Å². The number of nitrogens with zero attached hydrogens (tertiary/aromatic N) is 5. The lowest BCUT2D eigenvalue weighted by Gasteiger charge is -2.34. The molecule has 28 heavy (non-hydrogen) atoms. The van der Waals surface area contributed by atoms with Gasteiger partial charge < -0.3 is 20.0 Å². The number of carbonyl (C=O) groups excluding carboxylic acids is 1. The fourth-order valence-electron chi connectivity index (χ4n) is 4.14. The number of piperazine rings is 1. The molecule has 3 rings (SSSR count). The molecule has 1 aromatic rings. The first-order chi connectivity index (χ1) is 13.7. The molecule has 0 spiro atoms. The van der Waals surface area contributed by atoms with Crippen molar-refractivity contribution in [3.63, 3.8) is 0 Å². The van der Waals surface area contributed by atoms with Gasteiger partial charge in [-0.1, -0.05) is 6.92 Å². The minimum atomic E-state index is 0.124. The van der Waals surface area contributed by atoms with Crippen molar-refractivity contribution in [1.29, 1.82) is 0 Å². The molecule has 0 radical (unpaired) electrons. The zero-order valence-corrected chi connectivity index (χ0v) is 17.6. The van der Waals surface area contributed by atoms with Crippen LogP contribution in [0.5, 0.6) is 0 Å². The Balaban J connectivity index is 1.29. The van der Waals surface area contributed by atoms with Gasteiger partial charge in [-0.05, 0) is 51.8 Å². The summed E-state index contributed by atoms with van der Waals surface area (Å²) in [6.07, 6.45) is 5.84. The van der Waals surface area contributed by atoms with E-state index in [2.05, 4.69) is 36.9 Å². The van der Waals surface area contributed by atoms with Gasteiger partial charge in [0.1, 0.15) is 0 Å². The number of aryl methyl sites for hydroxylation is 1. The highest BCUT2D eigenvalue weighted by Crippen LogP contribution is 2.20. The minimum Gasteiger partial charge on any atom is -0.356 e. The maximum absolute atomic E-state index is 12.5. The first-order valence-corrected chi connectivity index (χ1v) is 10.9. The third kappa shape index (κ3) is 6.14. The van der Waals surface area contributed by atoms with Crippen molar-refractivity contribution in [3.8, 4) is 0 Å². The van der Waals surface area contributed by atoms with Crippen molar-refractivity contribution < 1.29 is 4.79 Å². The zero-order valence-electron chi connectivity index (χ0n) is 17.6. The van der Waals surface area contributed by atoms with Crippen molar-refractivity contribution >= 4 is 11.9 Å². The lowest BCUT2D eigenvalue weighted by atomic mass is 9.96. The molecule has 2 fully saturated rings. The first-order valence-electron chi connectivity index (χ1n) is 10.9. The van der Waals surface area contributed by atoms with Crippen molar-refractivity contribution in [2.45, 2.75) is 39.5 Å². The lowest BCUT2D eigenvalue weighted by Crippen LogP contribution is -2.47. The second-order valence-electron chi connectivity index (χ2n) is 8.09. The molecule has 1 amide bonds. The van der Waals surface area contributed by atoms with Crippen LogP contribution in [0.4, 0.5) is 5.95 Å². The second kappa shape index (κ2) is 10.7. The van der Waals surface area contributed by atoms with Crippen LogP contribution < -0.4 is 10.2 Å². The smallest absolute Gasteiger partial charge is 0.225 e. The monoisotopic (exact) mass is 388 g/mol. The molecular formula is C21H36N6O. The summed E-state index contributed by atoms with van der Waals surface area (Å²) in [6.45, 7) is 13.7. The van der Waals surface area contributed by atoms with E-state index in [1.807, 2.05) is 13.0 Å². The quantitative estimate of drug-likeness (QED) is 0.682. The Morgan fingerprint density at radius 3 is 2.43 bits per heavy atom. The summed E-state index contributed by atoms with van der Waals surface area (Å²) in [5, 5.41) is 3.16. The van der Waals surface area contributed by atoms with Gasteiger partial charge in [-0.2, -0.15) is 0 Å². The van der Waals surface area contributed by atoms with Crippen LogP contribution in [-0.4, -0.2) is 84.6 Å². The van der Waals surface area contributed by atoms with Crippen LogP contribution in [0.15, 0.2) is 12.3 Å². The predicted molar refractivity (Wildman–Crippen MR) is 113 cm³/mol. The van der Waals surface area contributed by atoms with Gasteiger partial charge in [-0.25, -0.2) is 9.97 Å². The van der Waals surface area contributed by atoms with Gasteiger partial charge in [-0.15, -0.1) is 0 Å². The second-order valence-corrected chi connectivity index (χ2v) is 8.09. The molecule has 0 bridgehead atoms. The van der Waals surface area contributed by atoms with E-state index in [0.717, 1.165) is 70.2 Å². The van der Waals surface area contributed by atoms with Gasteiger partial charge >= 0.3 is 0 Å². The number of hydrogen-bond acceptors (Lipinski definition) is 6. The molecule has 0 unspecified atom stereocenters. The number of rotatable bonds is 8. The van der Waals surface area contributed by atoms with E-state index in [0.29, 0.717) is 0 Å². The molecule has 0 aromatic carbocycles. The summed E-state index contributed by atoms with van der Waals surface area (Å²) in [6, 6.07) is 1.91. The Labute approximate surface area is 169 Å². The maximum Gasteiger partial charge on any atom is 0.225 e. The Morgan fingerprint density at radius 1 is 1.11 bits per heavy atom. The van der Waals surface area contributed by atoms with E-state index in [4.69, 9.17) is 0 Å². The van der Waals surface area contributed by atoms with E-state index in [-0.39, 0.29) is 11.8 Å². The number of piperidine rings is 1. The predicted octanol–water partition coefficient (Wildman–Crippen LogP) is 1.54. The average molecular weight is 389 g/mol.